The minimum absolute atomic E-state index is 0.238. The molecule has 5 heteroatoms. The summed E-state index contributed by atoms with van der Waals surface area (Å²) in [7, 11) is 0. The lowest BCUT2D eigenvalue weighted by Gasteiger charge is -2.20. The number of hydrogen-bond donors (Lipinski definition) is 0. The van der Waals surface area contributed by atoms with Gasteiger partial charge in [0, 0.05) is 6.61 Å². The summed E-state index contributed by atoms with van der Waals surface area (Å²) in [6.07, 6.45) is 1.01. The molecule has 0 atom stereocenters. The van der Waals surface area contributed by atoms with Gasteiger partial charge in [0.15, 0.2) is 11.5 Å². The molecule has 5 nitrogen and oxygen atoms in total. The average Bonchev–Trinajstić information content (AvgIpc) is 2.49. The number of benzene rings is 1. The van der Waals surface area contributed by atoms with Crippen LogP contribution in [0.3, 0.4) is 0 Å². The molecule has 0 saturated carbocycles. The zero-order valence-electron chi connectivity index (χ0n) is 12.6. The fraction of sp³-hybridized carbons (Fsp3) is 0.562. The van der Waals surface area contributed by atoms with Gasteiger partial charge in [-0.1, -0.05) is 19.9 Å². The molecule has 0 aliphatic carbocycles. The zero-order chi connectivity index (χ0) is 15.1. The lowest BCUT2D eigenvalue weighted by molar-refractivity contribution is 0.0296. The van der Waals surface area contributed by atoms with Crippen molar-refractivity contribution in [2.75, 3.05) is 33.0 Å². The van der Waals surface area contributed by atoms with Crippen LogP contribution >= 0.6 is 0 Å². The summed E-state index contributed by atoms with van der Waals surface area (Å²) in [5, 5.41) is 0. The lowest BCUT2D eigenvalue weighted by Crippen LogP contribution is -2.19. The van der Waals surface area contributed by atoms with Crippen LogP contribution < -0.4 is 9.47 Å². The maximum absolute atomic E-state index is 12.0. The summed E-state index contributed by atoms with van der Waals surface area (Å²) >= 11 is 0. The van der Waals surface area contributed by atoms with Crippen LogP contribution in [0, 0.1) is 5.92 Å². The first kappa shape index (κ1) is 15.6. The van der Waals surface area contributed by atoms with Crippen molar-refractivity contribution in [3.63, 3.8) is 0 Å². The Balaban J connectivity index is 1.79. The molecule has 0 aromatic heterocycles. The van der Waals surface area contributed by atoms with E-state index in [1.807, 2.05) is 0 Å². The Hall–Kier alpha value is -1.75. The quantitative estimate of drug-likeness (QED) is 0.571. The summed E-state index contributed by atoms with van der Waals surface area (Å²) in [4.78, 5) is 12.0. The molecule has 0 saturated heterocycles. The number of esters is 1. The predicted molar refractivity (Wildman–Crippen MR) is 78.0 cm³/mol. The van der Waals surface area contributed by atoms with Gasteiger partial charge in [-0.25, -0.2) is 4.79 Å². The van der Waals surface area contributed by atoms with Gasteiger partial charge in [0.2, 0.25) is 0 Å². The maximum atomic E-state index is 12.0. The molecule has 0 spiro atoms. The van der Waals surface area contributed by atoms with Gasteiger partial charge in [-0.15, -0.1) is 0 Å². The van der Waals surface area contributed by atoms with Crippen LogP contribution in [-0.2, 0) is 9.47 Å². The number of fused-ring (bicyclic) bond motifs is 1. The Kier molecular flexibility index (Phi) is 5.87. The highest BCUT2D eigenvalue weighted by molar-refractivity contribution is 5.93. The molecular weight excluding hydrogens is 272 g/mol. The van der Waals surface area contributed by atoms with Crippen LogP contribution in [0.5, 0.6) is 11.5 Å². The summed E-state index contributed by atoms with van der Waals surface area (Å²) in [5.74, 6) is 1.25. The Labute approximate surface area is 125 Å². The normalized spacial score (nSPS) is 13.3. The second kappa shape index (κ2) is 7.88. The van der Waals surface area contributed by atoms with E-state index in [1.165, 1.54) is 0 Å². The van der Waals surface area contributed by atoms with E-state index in [9.17, 15) is 4.79 Å². The van der Waals surface area contributed by atoms with Crippen molar-refractivity contribution in [2.24, 2.45) is 5.92 Å². The van der Waals surface area contributed by atoms with Gasteiger partial charge >= 0.3 is 5.97 Å². The summed E-state index contributed by atoms with van der Waals surface area (Å²) in [6, 6.07) is 5.21. The van der Waals surface area contributed by atoms with E-state index in [4.69, 9.17) is 18.9 Å². The van der Waals surface area contributed by atoms with Crippen LogP contribution in [0.1, 0.15) is 30.6 Å². The SMILES string of the molecule is CC(C)CCOCCOC(=O)c1cccc2c1OCCO2. The van der Waals surface area contributed by atoms with Crippen molar-refractivity contribution < 1.29 is 23.7 Å². The van der Waals surface area contributed by atoms with Crippen LogP contribution in [0.25, 0.3) is 0 Å². The van der Waals surface area contributed by atoms with E-state index < -0.39 is 5.97 Å². The van der Waals surface area contributed by atoms with Gasteiger partial charge in [-0.2, -0.15) is 0 Å². The molecule has 0 bridgehead atoms. The van der Waals surface area contributed by atoms with Crippen LogP contribution in [0.15, 0.2) is 18.2 Å². The second-order valence-corrected chi connectivity index (χ2v) is 5.26. The smallest absolute Gasteiger partial charge is 0.342 e. The van der Waals surface area contributed by atoms with Crippen LogP contribution in [0.4, 0.5) is 0 Å². The molecule has 116 valence electrons. The molecular formula is C16H22O5. The second-order valence-electron chi connectivity index (χ2n) is 5.26. The van der Waals surface area contributed by atoms with Crippen molar-refractivity contribution in [3.05, 3.63) is 23.8 Å². The highest BCUT2D eigenvalue weighted by Gasteiger charge is 2.21. The van der Waals surface area contributed by atoms with Gasteiger partial charge in [0.1, 0.15) is 25.4 Å². The van der Waals surface area contributed by atoms with E-state index >= 15 is 0 Å². The minimum atomic E-state index is -0.412. The van der Waals surface area contributed by atoms with Crippen molar-refractivity contribution in [3.8, 4) is 11.5 Å². The standard InChI is InChI=1S/C16H22O5/c1-12(2)6-7-18-8-9-21-16(17)13-4-3-5-14-15(13)20-11-10-19-14/h3-5,12H,6-11H2,1-2H3. The molecule has 1 aliphatic heterocycles. The third-order valence-corrected chi connectivity index (χ3v) is 3.09. The van der Waals surface area contributed by atoms with E-state index in [-0.39, 0.29) is 6.61 Å². The molecule has 1 aromatic carbocycles. The molecule has 1 aromatic rings. The van der Waals surface area contributed by atoms with Gasteiger partial charge in [-0.3, -0.25) is 0 Å². The van der Waals surface area contributed by atoms with Crippen molar-refractivity contribution in [1.29, 1.82) is 0 Å². The molecule has 21 heavy (non-hydrogen) atoms. The Bertz CT molecular complexity index is 470. The van der Waals surface area contributed by atoms with Gasteiger partial charge < -0.3 is 18.9 Å². The fourth-order valence-electron chi connectivity index (χ4n) is 1.93. The van der Waals surface area contributed by atoms with Gasteiger partial charge in [-0.05, 0) is 24.5 Å². The number of hydrogen-bond acceptors (Lipinski definition) is 5. The topological polar surface area (TPSA) is 54.0 Å². The van der Waals surface area contributed by atoms with E-state index in [2.05, 4.69) is 13.8 Å². The van der Waals surface area contributed by atoms with Crippen molar-refractivity contribution >= 4 is 5.97 Å². The molecule has 2 rings (SSSR count). The summed E-state index contributed by atoms with van der Waals surface area (Å²) in [6.45, 7) is 6.55. The Morgan fingerprint density at radius 2 is 2.00 bits per heavy atom. The van der Waals surface area contributed by atoms with E-state index in [0.717, 1.165) is 6.42 Å². The van der Waals surface area contributed by atoms with Gasteiger partial charge in [0.25, 0.3) is 0 Å². The predicted octanol–water partition coefficient (Wildman–Crippen LogP) is 2.68. The minimum Gasteiger partial charge on any atom is -0.486 e. The first-order valence-electron chi connectivity index (χ1n) is 7.32. The molecule has 0 unspecified atom stereocenters. The number of rotatable bonds is 7. The molecule has 0 N–H and O–H groups in total. The lowest BCUT2D eigenvalue weighted by atomic mass is 10.1. The number of ether oxygens (including phenoxy) is 4. The van der Waals surface area contributed by atoms with E-state index in [1.54, 1.807) is 18.2 Å². The molecule has 1 heterocycles. The van der Waals surface area contributed by atoms with Crippen LogP contribution in [-0.4, -0.2) is 39.0 Å². The van der Waals surface area contributed by atoms with Crippen LogP contribution in [0.2, 0.25) is 0 Å². The first-order valence-corrected chi connectivity index (χ1v) is 7.32. The van der Waals surface area contributed by atoms with Crippen molar-refractivity contribution in [2.45, 2.75) is 20.3 Å². The molecule has 0 radical (unpaired) electrons. The van der Waals surface area contributed by atoms with Gasteiger partial charge in [0.05, 0.1) is 6.61 Å². The van der Waals surface area contributed by atoms with E-state index in [0.29, 0.717) is 49.4 Å². The third-order valence-electron chi connectivity index (χ3n) is 3.09. The monoisotopic (exact) mass is 294 g/mol. The first-order chi connectivity index (χ1) is 10.2. The highest BCUT2D eigenvalue weighted by atomic mass is 16.6. The summed E-state index contributed by atoms with van der Waals surface area (Å²) < 4.78 is 21.5. The third kappa shape index (κ3) is 4.63. The summed E-state index contributed by atoms with van der Waals surface area (Å²) in [5.41, 5.74) is 0.398. The molecule has 1 aliphatic rings. The Morgan fingerprint density at radius 1 is 1.19 bits per heavy atom. The molecule has 0 fully saturated rings. The largest absolute Gasteiger partial charge is 0.486 e. The molecule has 0 amide bonds. The fourth-order valence-corrected chi connectivity index (χ4v) is 1.93. The number of carbonyl (C=O) groups excluding carboxylic acids is 1. The zero-order valence-corrected chi connectivity index (χ0v) is 12.6. The number of carbonyl (C=O) groups is 1. The number of para-hydroxylation sites is 1. The maximum Gasteiger partial charge on any atom is 0.342 e. The van der Waals surface area contributed by atoms with Crippen molar-refractivity contribution in [1.82, 2.24) is 0 Å². The highest BCUT2D eigenvalue weighted by Crippen LogP contribution is 2.33. The average molecular weight is 294 g/mol. The Morgan fingerprint density at radius 3 is 2.81 bits per heavy atom.